The van der Waals surface area contributed by atoms with Crippen molar-refractivity contribution in [2.75, 3.05) is 19.8 Å². The summed E-state index contributed by atoms with van der Waals surface area (Å²) in [6, 6.07) is 15.2. The minimum Gasteiger partial charge on any atom is -0.481 e. The van der Waals surface area contributed by atoms with Gasteiger partial charge < -0.3 is 9.47 Å². The molecule has 1 heterocycles. The molecule has 162 valence electrons. The maximum atomic E-state index is 12.7. The summed E-state index contributed by atoms with van der Waals surface area (Å²) in [7, 11) is 0. The van der Waals surface area contributed by atoms with Crippen molar-refractivity contribution in [2.24, 2.45) is 0 Å². The summed E-state index contributed by atoms with van der Waals surface area (Å²) in [5, 5.41) is -0.252. The Hall–Kier alpha value is -2.58. The van der Waals surface area contributed by atoms with Crippen LogP contribution in [0.1, 0.15) is 24.5 Å². The van der Waals surface area contributed by atoms with Crippen LogP contribution in [0.15, 0.2) is 57.9 Å². The molecule has 1 saturated heterocycles. The number of amides is 2. The van der Waals surface area contributed by atoms with Crippen LogP contribution in [0.2, 0.25) is 0 Å². The van der Waals surface area contributed by atoms with E-state index in [0.717, 1.165) is 23.7 Å². The van der Waals surface area contributed by atoms with Crippen molar-refractivity contribution < 1.29 is 23.9 Å². The first kappa shape index (κ1) is 23.1. The highest BCUT2D eigenvalue weighted by Crippen LogP contribution is 2.34. The number of nitrogens with zero attached hydrogens (tertiary/aromatic N) is 1. The van der Waals surface area contributed by atoms with E-state index in [1.54, 1.807) is 31.2 Å². The number of carbonyl (C=O) groups is 3. The molecule has 6 nitrogen and oxygen atoms in total. The van der Waals surface area contributed by atoms with E-state index in [4.69, 9.17) is 9.47 Å². The van der Waals surface area contributed by atoms with Crippen LogP contribution in [0.3, 0.4) is 0 Å². The van der Waals surface area contributed by atoms with Crippen molar-refractivity contribution in [3.05, 3.63) is 69.0 Å². The molecule has 3 rings (SSSR count). The monoisotopic (exact) mass is 503 g/mol. The van der Waals surface area contributed by atoms with E-state index >= 15 is 0 Å². The number of hydrogen-bond donors (Lipinski definition) is 0. The molecule has 0 aliphatic carbocycles. The second-order valence-corrected chi connectivity index (χ2v) is 8.55. The fourth-order valence-corrected chi connectivity index (χ4v) is 4.37. The summed E-state index contributed by atoms with van der Waals surface area (Å²) in [4.78, 5) is 38.1. The summed E-state index contributed by atoms with van der Waals surface area (Å²) in [6.07, 6.45) is 3.21. The lowest BCUT2D eigenvalue weighted by atomic mass is 10.1. The third-order valence-corrected chi connectivity index (χ3v) is 6.00. The molecule has 0 saturated carbocycles. The Morgan fingerprint density at radius 2 is 1.94 bits per heavy atom. The van der Waals surface area contributed by atoms with Gasteiger partial charge in [0.2, 0.25) is 0 Å². The highest BCUT2D eigenvalue weighted by atomic mass is 79.9. The Kier molecular flexibility index (Phi) is 8.31. The number of aryl methyl sites for hydroxylation is 1. The normalized spacial score (nSPS) is 14.9. The van der Waals surface area contributed by atoms with Crippen LogP contribution in [0, 0.1) is 0 Å². The summed E-state index contributed by atoms with van der Waals surface area (Å²) < 4.78 is 10.9. The van der Waals surface area contributed by atoms with Gasteiger partial charge in [0, 0.05) is 6.54 Å². The number of imide groups is 1. The van der Waals surface area contributed by atoms with Crippen molar-refractivity contribution in [3.63, 3.8) is 0 Å². The molecule has 8 heteroatoms. The first-order valence-electron chi connectivity index (χ1n) is 9.85. The van der Waals surface area contributed by atoms with Crippen LogP contribution in [0.4, 0.5) is 4.79 Å². The largest absolute Gasteiger partial charge is 0.481 e. The van der Waals surface area contributed by atoms with Gasteiger partial charge in [-0.3, -0.25) is 14.5 Å². The Morgan fingerprint density at radius 3 is 2.65 bits per heavy atom. The minimum absolute atomic E-state index is 0.187. The Labute approximate surface area is 193 Å². The van der Waals surface area contributed by atoms with Crippen molar-refractivity contribution in [1.29, 1.82) is 0 Å². The summed E-state index contributed by atoms with van der Waals surface area (Å²) in [5.74, 6) is -0.236. The molecule has 0 radical (unpaired) electrons. The lowest BCUT2D eigenvalue weighted by Crippen LogP contribution is -2.29. The maximum absolute atomic E-state index is 12.7. The predicted octanol–water partition coefficient (Wildman–Crippen LogP) is 5.06. The molecule has 0 aromatic heterocycles. The number of benzene rings is 2. The van der Waals surface area contributed by atoms with Crippen molar-refractivity contribution >= 4 is 50.9 Å². The highest BCUT2D eigenvalue weighted by Gasteiger charge is 2.34. The third kappa shape index (κ3) is 6.45. The second-order valence-electron chi connectivity index (χ2n) is 6.71. The fourth-order valence-electron chi connectivity index (χ4n) is 2.99. The van der Waals surface area contributed by atoms with Crippen molar-refractivity contribution in [1.82, 2.24) is 4.90 Å². The first-order chi connectivity index (χ1) is 15.0. The molecule has 2 aromatic rings. The lowest BCUT2D eigenvalue weighted by molar-refractivity contribution is -0.145. The molecule has 0 N–H and O–H groups in total. The fraction of sp³-hybridized carbons (Fsp3) is 0.261. The smallest absolute Gasteiger partial charge is 0.344 e. The van der Waals surface area contributed by atoms with Crippen LogP contribution in [-0.2, 0) is 20.7 Å². The van der Waals surface area contributed by atoms with Gasteiger partial charge in [-0.2, -0.15) is 0 Å². The molecule has 2 amide bonds. The first-order valence-corrected chi connectivity index (χ1v) is 11.5. The number of ether oxygens (including phenoxy) is 2. The number of carbonyl (C=O) groups excluding carboxylic acids is 3. The van der Waals surface area contributed by atoms with E-state index in [2.05, 4.69) is 15.9 Å². The molecule has 31 heavy (non-hydrogen) atoms. The topological polar surface area (TPSA) is 72.9 Å². The predicted molar refractivity (Wildman–Crippen MR) is 124 cm³/mol. The molecule has 0 spiro atoms. The maximum Gasteiger partial charge on any atom is 0.344 e. The van der Waals surface area contributed by atoms with E-state index in [-0.39, 0.29) is 17.8 Å². The summed E-state index contributed by atoms with van der Waals surface area (Å²) in [6.45, 7) is 2.23. The zero-order valence-electron chi connectivity index (χ0n) is 17.0. The van der Waals surface area contributed by atoms with Gasteiger partial charge in [0.15, 0.2) is 6.61 Å². The van der Waals surface area contributed by atoms with Gasteiger partial charge in [-0.05, 0) is 76.8 Å². The van der Waals surface area contributed by atoms with E-state index in [9.17, 15) is 14.4 Å². The van der Waals surface area contributed by atoms with E-state index in [1.807, 2.05) is 30.3 Å². The number of esters is 1. The zero-order valence-corrected chi connectivity index (χ0v) is 19.4. The molecule has 0 bridgehead atoms. The SMILES string of the molecule is CCOC(=O)COc1ccc(/C=C2/SC(=O)N(CCCc3ccccc3)C2=O)cc1Br. The van der Waals surface area contributed by atoms with Gasteiger partial charge in [-0.25, -0.2) is 4.79 Å². The average molecular weight is 504 g/mol. The Balaban J connectivity index is 1.60. The van der Waals surface area contributed by atoms with Crippen LogP contribution in [0.5, 0.6) is 5.75 Å². The van der Waals surface area contributed by atoms with Crippen LogP contribution in [-0.4, -0.2) is 41.8 Å². The van der Waals surface area contributed by atoms with Gasteiger partial charge in [0.05, 0.1) is 16.0 Å². The zero-order chi connectivity index (χ0) is 22.2. The Bertz CT molecular complexity index is 993. The number of rotatable bonds is 9. The molecule has 0 atom stereocenters. The molecule has 1 aliphatic heterocycles. The van der Waals surface area contributed by atoms with E-state index < -0.39 is 5.97 Å². The second kappa shape index (κ2) is 11.2. The van der Waals surface area contributed by atoms with Crippen molar-refractivity contribution in [3.8, 4) is 5.75 Å². The molecular formula is C23H22BrNO5S. The van der Waals surface area contributed by atoms with Crippen molar-refractivity contribution in [2.45, 2.75) is 19.8 Å². The third-order valence-electron chi connectivity index (χ3n) is 4.47. The van der Waals surface area contributed by atoms with Gasteiger partial charge >= 0.3 is 5.97 Å². The quantitative estimate of drug-likeness (QED) is 0.351. The van der Waals surface area contributed by atoms with Crippen LogP contribution >= 0.6 is 27.7 Å². The van der Waals surface area contributed by atoms with Gasteiger partial charge in [-0.15, -0.1) is 0 Å². The van der Waals surface area contributed by atoms with Crippen LogP contribution in [0.25, 0.3) is 6.08 Å². The average Bonchev–Trinajstić information content (AvgIpc) is 3.01. The van der Waals surface area contributed by atoms with Gasteiger partial charge in [0.1, 0.15) is 5.75 Å². The highest BCUT2D eigenvalue weighted by molar-refractivity contribution is 9.10. The number of thioether (sulfide) groups is 1. The molecule has 1 aliphatic rings. The molecule has 2 aromatic carbocycles. The molecule has 0 unspecified atom stereocenters. The molecule has 1 fully saturated rings. The Morgan fingerprint density at radius 1 is 1.16 bits per heavy atom. The molecular weight excluding hydrogens is 482 g/mol. The summed E-state index contributed by atoms with van der Waals surface area (Å²) >= 11 is 4.35. The summed E-state index contributed by atoms with van der Waals surface area (Å²) in [5.41, 5.74) is 1.92. The number of hydrogen-bond acceptors (Lipinski definition) is 6. The van der Waals surface area contributed by atoms with Gasteiger partial charge in [0.25, 0.3) is 11.1 Å². The minimum atomic E-state index is -0.445. The standard InChI is InChI=1S/C23H22BrNO5S/c1-2-29-21(26)15-30-19-11-10-17(13-18(19)24)14-20-22(27)25(23(28)31-20)12-6-9-16-7-4-3-5-8-16/h3-5,7-8,10-11,13-14H,2,6,9,12,15H2,1H3/b20-14+. The van der Waals surface area contributed by atoms with E-state index in [0.29, 0.717) is 34.7 Å². The number of halogens is 1. The van der Waals surface area contributed by atoms with Crippen LogP contribution < -0.4 is 4.74 Å². The van der Waals surface area contributed by atoms with Gasteiger partial charge in [-0.1, -0.05) is 36.4 Å². The van der Waals surface area contributed by atoms with E-state index in [1.165, 1.54) is 10.5 Å². The lowest BCUT2D eigenvalue weighted by Gasteiger charge is -2.12.